The molecule has 2 rings (SSSR count). The molecule has 1 atom stereocenters. The SMILES string of the molecule is O=C(O)c1ccccc1S(=O)(=O)NC1CCOC1. The molecule has 0 bridgehead atoms. The molecule has 0 amide bonds. The molecule has 1 aromatic carbocycles. The fourth-order valence-electron chi connectivity index (χ4n) is 1.79. The van der Waals surface area contributed by atoms with Crippen LogP contribution in [0.15, 0.2) is 29.2 Å². The number of hydrogen-bond acceptors (Lipinski definition) is 4. The minimum Gasteiger partial charge on any atom is -0.478 e. The summed E-state index contributed by atoms with van der Waals surface area (Å²) in [5.41, 5.74) is -0.232. The molecular weight excluding hydrogens is 258 g/mol. The molecular formula is C11H13NO5S. The highest BCUT2D eigenvalue weighted by Crippen LogP contribution is 2.17. The van der Waals surface area contributed by atoms with Crippen LogP contribution in [0, 0.1) is 0 Å². The van der Waals surface area contributed by atoms with Gasteiger partial charge < -0.3 is 9.84 Å². The van der Waals surface area contributed by atoms with Crippen molar-refractivity contribution in [2.24, 2.45) is 0 Å². The molecule has 98 valence electrons. The van der Waals surface area contributed by atoms with Crippen molar-refractivity contribution in [1.29, 1.82) is 0 Å². The zero-order valence-corrected chi connectivity index (χ0v) is 10.3. The third-order valence-corrected chi connectivity index (χ3v) is 4.24. The molecule has 1 fully saturated rings. The summed E-state index contributed by atoms with van der Waals surface area (Å²) in [5, 5.41) is 8.97. The Morgan fingerprint density at radius 1 is 1.39 bits per heavy atom. The van der Waals surface area contributed by atoms with Crippen LogP contribution < -0.4 is 4.72 Å². The van der Waals surface area contributed by atoms with Gasteiger partial charge in [0.2, 0.25) is 10.0 Å². The average molecular weight is 271 g/mol. The van der Waals surface area contributed by atoms with E-state index < -0.39 is 16.0 Å². The van der Waals surface area contributed by atoms with Gasteiger partial charge in [-0.1, -0.05) is 12.1 Å². The number of carbonyl (C=O) groups is 1. The van der Waals surface area contributed by atoms with E-state index in [0.29, 0.717) is 19.6 Å². The Bertz CT molecular complexity index is 548. The normalized spacial score (nSPS) is 19.9. The van der Waals surface area contributed by atoms with E-state index >= 15 is 0 Å². The molecule has 0 radical (unpaired) electrons. The number of carboxylic acids is 1. The van der Waals surface area contributed by atoms with Crippen LogP contribution in [0.5, 0.6) is 0 Å². The van der Waals surface area contributed by atoms with E-state index in [0.717, 1.165) is 0 Å². The predicted molar refractivity (Wildman–Crippen MR) is 62.9 cm³/mol. The number of benzene rings is 1. The monoisotopic (exact) mass is 271 g/mol. The highest BCUT2D eigenvalue weighted by Gasteiger charge is 2.26. The van der Waals surface area contributed by atoms with Gasteiger partial charge in [0.15, 0.2) is 0 Å². The van der Waals surface area contributed by atoms with Crippen LogP contribution in [0.25, 0.3) is 0 Å². The average Bonchev–Trinajstić information content (AvgIpc) is 2.81. The largest absolute Gasteiger partial charge is 0.478 e. The minimum atomic E-state index is -3.83. The molecule has 1 heterocycles. The number of carboxylic acid groups (broad SMARTS) is 1. The maximum absolute atomic E-state index is 12.1. The van der Waals surface area contributed by atoms with Gasteiger partial charge >= 0.3 is 5.97 Å². The summed E-state index contributed by atoms with van der Waals surface area (Å²) in [7, 11) is -3.83. The molecule has 1 aromatic rings. The maximum atomic E-state index is 12.1. The van der Waals surface area contributed by atoms with Crippen molar-refractivity contribution in [2.45, 2.75) is 17.4 Å². The molecule has 0 aromatic heterocycles. The predicted octanol–water partition coefficient (Wildman–Crippen LogP) is 0.452. The number of nitrogens with one attached hydrogen (secondary N) is 1. The molecule has 0 aliphatic carbocycles. The second-order valence-electron chi connectivity index (χ2n) is 3.98. The number of hydrogen-bond donors (Lipinski definition) is 2. The van der Waals surface area contributed by atoms with Gasteiger partial charge in [0.05, 0.1) is 17.1 Å². The van der Waals surface area contributed by atoms with E-state index in [1.165, 1.54) is 24.3 Å². The fourth-order valence-corrected chi connectivity index (χ4v) is 3.24. The van der Waals surface area contributed by atoms with Crippen LogP contribution in [-0.2, 0) is 14.8 Å². The van der Waals surface area contributed by atoms with Gasteiger partial charge in [-0.3, -0.25) is 0 Å². The third kappa shape index (κ3) is 2.69. The Balaban J connectivity index is 2.31. The number of aromatic carboxylic acids is 1. The molecule has 2 N–H and O–H groups in total. The lowest BCUT2D eigenvalue weighted by molar-refractivity contribution is 0.0692. The van der Waals surface area contributed by atoms with Crippen LogP contribution in [0.4, 0.5) is 0 Å². The van der Waals surface area contributed by atoms with Gasteiger partial charge in [-0.2, -0.15) is 0 Å². The Labute approximate surface area is 105 Å². The van der Waals surface area contributed by atoms with Crippen LogP contribution in [-0.4, -0.2) is 38.7 Å². The van der Waals surface area contributed by atoms with Crippen molar-refractivity contribution < 1.29 is 23.1 Å². The van der Waals surface area contributed by atoms with Crippen LogP contribution in [0.1, 0.15) is 16.8 Å². The van der Waals surface area contributed by atoms with Crippen molar-refractivity contribution in [1.82, 2.24) is 4.72 Å². The standard InChI is InChI=1S/C11H13NO5S/c13-11(14)9-3-1-2-4-10(9)18(15,16)12-8-5-6-17-7-8/h1-4,8,12H,5-7H2,(H,13,14). The second-order valence-corrected chi connectivity index (χ2v) is 5.67. The van der Waals surface area contributed by atoms with Crippen molar-refractivity contribution in [3.05, 3.63) is 29.8 Å². The summed E-state index contributed by atoms with van der Waals surface area (Å²) in [6.07, 6.45) is 0.592. The van der Waals surface area contributed by atoms with E-state index in [-0.39, 0.29) is 16.5 Å². The lowest BCUT2D eigenvalue weighted by Gasteiger charge is -2.12. The van der Waals surface area contributed by atoms with Crippen LogP contribution in [0.3, 0.4) is 0 Å². The highest BCUT2D eigenvalue weighted by molar-refractivity contribution is 7.89. The fraction of sp³-hybridized carbons (Fsp3) is 0.364. The quantitative estimate of drug-likeness (QED) is 0.829. The van der Waals surface area contributed by atoms with Gasteiger partial charge in [-0.25, -0.2) is 17.9 Å². The first-order chi connectivity index (χ1) is 8.50. The second kappa shape index (κ2) is 5.05. The van der Waals surface area contributed by atoms with E-state index in [9.17, 15) is 13.2 Å². The van der Waals surface area contributed by atoms with Gasteiger partial charge in [-0.15, -0.1) is 0 Å². The summed E-state index contributed by atoms with van der Waals surface area (Å²) < 4.78 is 31.7. The third-order valence-electron chi connectivity index (χ3n) is 2.66. The van der Waals surface area contributed by atoms with Crippen LogP contribution in [0.2, 0.25) is 0 Å². The highest BCUT2D eigenvalue weighted by atomic mass is 32.2. The Kier molecular flexibility index (Phi) is 3.65. The molecule has 1 saturated heterocycles. The zero-order chi connectivity index (χ0) is 13.2. The lowest BCUT2D eigenvalue weighted by Crippen LogP contribution is -2.35. The maximum Gasteiger partial charge on any atom is 0.337 e. The number of rotatable bonds is 4. The number of ether oxygens (including phenoxy) is 1. The molecule has 18 heavy (non-hydrogen) atoms. The van der Waals surface area contributed by atoms with Crippen LogP contribution >= 0.6 is 0 Å². The van der Waals surface area contributed by atoms with Gasteiger partial charge in [-0.05, 0) is 18.6 Å². The smallest absolute Gasteiger partial charge is 0.337 e. The Hall–Kier alpha value is -1.44. The minimum absolute atomic E-state index is 0.218. The molecule has 0 saturated carbocycles. The topological polar surface area (TPSA) is 92.7 Å². The Morgan fingerprint density at radius 2 is 2.11 bits per heavy atom. The van der Waals surface area contributed by atoms with Gasteiger partial charge in [0, 0.05) is 12.6 Å². The lowest BCUT2D eigenvalue weighted by atomic mass is 10.2. The van der Waals surface area contributed by atoms with Crippen molar-refractivity contribution >= 4 is 16.0 Å². The molecule has 0 spiro atoms. The van der Waals surface area contributed by atoms with E-state index in [1.54, 1.807) is 0 Å². The first-order valence-electron chi connectivity index (χ1n) is 5.43. The Morgan fingerprint density at radius 3 is 2.72 bits per heavy atom. The van der Waals surface area contributed by atoms with Gasteiger partial charge in [0.1, 0.15) is 0 Å². The summed E-state index contributed by atoms with van der Waals surface area (Å²) in [5.74, 6) is -1.27. The number of sulfonamides is 1. The zero-order valence-electron chi connectivity index (χ0n) is 9.50. The molecule has 1 aliphatic rings. The van der Waals surface area contributed by atoms with E-state index in [1.807, 2.05) is 0 Å². The summed E-state index contributed by atoms with van der Waals surface area (Å²) >= 11 is 0. The van der Waals surface area contributed by atoms with Crippen molar-refractivity contribution in [3.8, 4) is 0 Å². The molecule has 6 nitrogen and oxygen atoms in total. The molecule has 1 unspecified atom stereocenters. The van der Waals surface area contributed by atoms with Gasteiger partial charge in [0.25, 0.3) is 0 Å². The molecule has 7 heteroatoms. The first kappa shape index (κ1) is 13.0. The molecule has 1 aliphatic heterocycles. The first-order valence-corrected chi connectivity index (χ1v) is 6.91. The van der Waals surface area contributed by atoms with Crippen molar-refractivity contribution in [2.75, 3.05) is 13.2 Å². The van der Waals surface area contributed by atoms with E-state index in [4.69, 9.17) is 9.84 Å². The van der Waals surface area contributed by atoms with E-state index in [2.05, 4.69) is 4.72 Å². The summed E-state index contributed by atoms with van der Waals surface area (Å²) in [4.78, 5) is 10.8. The summed E-state index contributed by atoms with van der Waals surface area (Å²) in [6.45, 7) is 0.822. The van der Waals surface area contributed by atoms with Crippen molar-refractivity contribution in [3.63, 3.8) is 0 Å². The summed E-state index contributed by atoms with van der Waals surface area (Å²) in [6, 6.07) is 5.23.